The topological polar surface area (TPSA) is 45.2 Å². The number of aryl methyl sites for hydroxylation is 1. The second-order valence-electron chi connectivity index (χ2n) is 7.11. The van der Waals surface area contributed by atoms with Crippen molar-refractivity contribution in [2.45, 2.75) is 31.7 Å². The normalized spacial score (nSPS) is 15.9. The van der Waals surface area contributed by atoms with E-state index in [1.807, 2.05) is 36.4 Å². The number of nitrogens with one attached hydrogen (secondary N) is 1. The molecule has 1 N–H and O–H groups in total. The highest BCUT2D eigenvalue weighted by atomic mass is 32.1. The van der Waals surface area contributed by atoms with E-state index in [-0.39, 0.29) is 11.9 Å². The number of carbonyl (C=O) groups is 1. The number of rotatable bonds is 7. The Kier molecular flexibility index (Phi) is 5.80. The van der Waals surface area contributed by atoms with Crippen molar-refractivity contribution in [3.63, 3.8) is 0 Å². The van der Waals surface area contributed by atoms with E-state index in [4.69, 9.17) is 0 Å². The van der Waals surface area contributed by atoms with Crippen LogP contribution in [0.15, 0.2) is 54.6 Å². The third kappa shape index (κ3) is 4.73. The Morgan fingerprint density at radius 1 is 1.07 bits per heavy atom. The summed E-state index contributed by atoms with van der Waals surface area (Å²) in [6.45, 7) is 3.15. The fourth-order valence-electron chi connectivity index (χ4n) is 3.66. The van der Waals surface area contributed by atoms with Gasteiger partial charge in [-0.3, -0.25) is 4.79 Å². The summed E-state index contributed by atoms with van der Waals surface area (Å²) < 4.78 is 1.18. The number of para-hydroxylation sites is 1. The zero-order valence-electron chi connectivity index (χ0n) is 15.4. The first-order valence-electron chi connectivity index (χ1n) is 9.69. The van der Waals surface area contributed by atoms with Gasteiger partial charge in [-0.1, -0.05) is 42.5 Å². The molecule has 140 valence electrons. The standard InChI is InChI=1S/C22H25N3OS/c26-21(12-13-22-24-18-10-4-5-11-20(18)27-22)23-19(16-25-14-6-7-15-25)17-8-2-1-3-9-17/h1-5,8-11,19H,6-7,12-16H2,(H,23,26). The zero-order valence-corrected chi connectivity index (χ0v) is 16.3. The van der Waals surface area contributed by atoms with Gasteiger partial charge in [-0.05, 0) is 43.6 Å². The third-order valence-electron chi connectivity index (χ3n) is 5.08. The first kappa shape index (κ1) is 18.1. The first-order chi connectivity index (χ1) is 13.3. The lowest BCUT2D eigenvalue weighted by Gasteiger charge is -2.25. The Balaban J connectivity index is 1.38. The van der Waals surface area contributed by atoms with Crippen molar-refractivity contribution in [3.8, 4) is 0 Å². The van der Waals surface area contributed by atoms with Gasteiger partial charge in [0.05, 0.1) is 21.3 Å². The van der Waals surface area contributed by atoms with E-state index in [0.29, 0.717) is 12.8 Å². The lowest BCUT2D eigenvalue weighted by molar-refractivity contribution is -0.121. The van der Waals surface area contributed by atoms with Crippen molar-refractivity contribution >= 4 is 27.5 Å². The highest BCUT2D eigenvalue weighted by molar-refractivity contribution is 7.18. The Hall–Kier alpha value is -2.24. The molecule has 1 unspecified atom stereocenters. The number of likely N-dealkylation sites (tertiary alicyclic amines) is 1. The molecule has 27 heavy (non-hydrogen) atoms. The van der Waals surface area contributed by atoms with E-state index in [1.165, 1.54) is 23.1 Å². The van der Waals surface area contributed by atoms with Crippen molar-refractivity contribution < 1.29 is 4.79 Å². The van der Waals surface area contributed by atoms with Crippen molar-refractivity contribution in [2.24, 2.45) is 0 Å². The van der Waals surface area contributed by atoms with Crippen LogP contribution in [0.1, 0.15) is 35.9 Å². The molecule has 5 heteroatoms. The average Bonchev–Trinajstić information content (AvgIpc) is 3.36. The SMILES string of the molecule is O=C(CCc1nc2ccccc2s1)NC(CN1CCCC1)c1ccccc1. The Bertz CT molecular complexity index is 854. The molecular weight excluding hydrogens is 354 g/mol. The van der Waals surface area contributed by atoms with Crippen LogP contribution in [0.25, 0.3) is 10.2 Å². The number of hydrogen-bond acceptors (Lipinski definition) is 4. The molecule has 0 radical (unpaired) electrons. The van der Waals surface area contributed by atoms with Gasteiger partial charge >= 0.3 is 0 Å². The number of benzene rings is 2. The average molecular weight is 380 g/mol. The molecule has 1 atom stereocenters. The smallest absolute Gasteiger partial charge is 0.220 e. The molecule has 4 rings (SSSR count). The number of hydrogen-bond donors (Lipinski definition) is 1. The summed E-state index contributed by atoms with van der Waals surface area (Å²) in [6.07, 6.45) is 3.68. The maximum atomic E-state index is 12.6. The van der Waals surface area contributed by atoms with Crippen LogP contribution in [0, 0.1) is 0 Å². The molecule has 0 spiro atoms. The minimum atomic E-state index is 0.0483. The summed E-state index contributed by atoms with van der Waals surface area (Å²) in [6, 6.07) is 18.5. The van der Waals surface area contributed by atoms with Crippen LogP contribution >= 0.6 is 11.3 Å². The predicted octanol–water partition coefficient (Wildman–Crippen LogP) is 4.18. The van der Waals surface area contributed by atoms with E-state index in [9.17, 15) is 4.79 Å². The van der Waals surface area contributed by atoms with Crippen LogP contribution in [-0.4, -0.2) is 35.4 Å². The van der Waals surface area contributed by atoms with Gasteiger partial charge in [-0.15, -0.1) is 11.3 Å². The van der Waals surface area contributed by atoms with Gasteiger partial charge in [0, 0.05) is 19.4 Å². The van der Waals surface area contributed by atoms with Gasteiger partial charge in [-0.2, -0.15) is 0 Å². The predicted molar refractivity (Wildman–Crippen MR) is 111 cm³/mol. The van der Waals surface area contributed by atoms with Crippen LogP contribution in [-0.2, 0) is 11.2 Å². The Labute approximate surface area is 164 Å². The van der Waals surface area contributed by atoms with E-state index in [0.717, 1.165) is 30.2 Å². The maximum absolute atomic E-state index is 12.6. The zero-order chi connectivity index (χ0) is 18.5. The van der Waals surface area contributed by atoms with E-state index in [1.54, 1.807) is 11.3 Å². The first-order valence-corrected chi connectivity index (χ1v) is 10.5. The van der Waals surface area contributed by atoms with Crippen molar-refractivity contribution in [1.82, 2.24) is 15.2 Å². The lowest BCUT2D eigenvalue weighted by atomic mass is 10.1. The van der Waals surface area contributed by atoms with E-state index >= 15 is 0 Å². The highest BCUT2D eigenvalue weighted by Gasteiger charge is 2.20. The molecule has 1 saturated heterocycles. The molecule has 3 aromatic rings. The lowest BCUT2D eigenvalue weighted by Crippen LogP contribution is -2.37. The molecule has 1 aliphatic heterocycles. The second kappa shape index (κ2) is 8.63. The molecule has 0 aliphatic carbocycles. The number of nitrogens with zero attached hydrogens (tertiary/aromatic N) is 2. The number of thiazole rings is 1. The van der Waals surface area contributed by atoms with Crippen molar-refractivity contribution in [3.05, 3.63) is 65.2 Å². The summed E-state index contributed by atoms with van der Waals surface area (Å²) in [5.41, 5.74) is 2.20. The molecule has 0 saturated carbocycles. The van der Waals surface area contributed by atoms with Crippen LogP contribution in [0.2, 0.25) is 0 Å². The molecule has 2 aromatic carbocycles. The molecule has 1 amide bonds. The quantitative estimate of drug-likeness (QED) is 0.670. The van der Waals surface area contributed by atoms with Crippen LogP contribution in [0.3, 0.4) is 0 Å². The molecule has 4 nitrogen and oxygen atoms in total. The van der Waals surface area contributed by atoms with Gasteiger partial charge in [0.1, 0.15) is 0 Å². The number of fused-ring (bicyclic) bond motifs is 1. The second-order valence-corrected chi connectivity index (χ2v) is 8.23. The highest BCUT2D eigenvalue weighted by Crippen LogP contribution is 2.23. The molecule has 1 fully saturated rings. The van der Waals surface area contributed by atoms with Gasteiger partial charge in [0.15, 0.2) is 0 Å². The molecule has 0 bridgehead atoms. The Morgan fingerprint density at radius 2 is 1.81 bits per heavy atom. The summed E-state index contributed by atoms with van der Waals surface area (Å²) in [7, 11) is 0. The van der Waals surface area contributed by atoms with Gasteiger partial charge in [0.25, 0.3) is 0 Å². The fraction of sp³-hybridized carbons (Fsp3) is 0.364. The van der Waals surface area contributed by atoms with Crippen molar-refractivity contribution in [2.75, 3.05) is 19.6 Å². The fourth-order valence-corrected chi connectivity index (χ4v) is 4.62. The van der Waals surface area contributed by atoms with Crippen LogP contribution < -0.4 is 5.32 Å². The minimum absolute atomic E-state index is 0.0483. The number of carbonyl (C=O) groups excluding carboxylic acids is 1. The molecule has 1 aliphatic rings. The monoisotopic (exact) mass is 379 g/mol. The largest absolute Gasteiger partial charge is 0.348 e. The minimum Gasteiger partial charge on any atom is -0.348 e. The number of amides is 1. The third-order valence-corrected chi connectivity index (χ3v) is 6.18. The molecular formula is C22H25N3OS. The van der Waals surface area contributed by atoms with Crippen LogP contribution in [0.5, 0.6) is 0 Å². The Morgan fingerprint density at radius 3 is 2.59 bits per heavy atom. The van der Waals surface area contributed by atoms with Gasteiger partial charge in [0.2, 0.25) is 5.91 Å². The summed E-state index contributed by atoms with van der Waals surface area (Å²) >= 11 is 1.68. The van der Waals surface area contributed by atoms with E-state index in [2.05, 4.69) is 33.4 Å². The summed E-state index contributed by atoms with van der Waals surface area (Å²) in [4.78, 5) is 19.7. The van der Waals surface area contributed by atoms with Crippen LogP contribution in [0.4, 0.5) is 0 Å². The maximum Gasteiger partial charge on any atom is 0.220 e. The van der Waals surface area contributed by atoms with Crippen molar-refractivity contribution in [1.29, 1.82) is 0 Å². The summed E-state index contributed by atoms with van der Waals surface area (Å²) in [5.74, 6) is 0.0994. The molecule has 1 aromatic heterocycles. The molecule has 2 heterocycles. The number of aromatic nitrogens is 1. The summed E-state index contributed by atoms with van der Waals surface area (Å²) in [5, 5.41) is 4.29. The van der Waals surface area contributed by atoms with E-state index < -0.39 is 0 Å². The van der Waals surface area contributed by atoms with Gasteiger partial charge < -0.3 is 10.2 Å². The van der Waals surface area contributed by atoms with Gasteiger partial charge in [-0.25, -0.2) is 4.98 Å².